The maximum atomic E-state index is 12.5. The normalized spacial score (nSPS) is 11.5. The van der Waals surface area contributed by atoms with E-state index in [1.807, 2.05) is 54.6 Å². The molecule has 1 N–H and O–H groups in total. The molecule has 0 saturated carbocycles. The van der Waals surface area contributed by atoms with Gasteiger partial charge in [0.25, 0.3) is 5.91 Å². The number of aromatic nitrogens is 4. The fourth-order valence-corrected chi connectivity index (χ4v) is 2.83. The number of benzene rings is 3. The first-order valence-corrected chi connectivity index (χ1v) is 9.75. The summed E-state index contributed by atoms with van der Waals surface area (Å²) >= 11 is 0. The summed E-state index contributed by atoms with van der Waals surface area (Å²) in [4.78, 5) is 12.5. The molecule has 0 aliphatic carbocycles. The Labute approximate surface area is 179 Å². The molecule has 156 valence electrons. The van der Waals surface area contributed by atoms with Crippen molar-refractivity contribution in [1.82, 2.24) is 20.2 Å². The number of hydrogen-bond acceptors (Lipinski definition) is 6. The van der Waals surface area contributed by atoms with Crippen LogP contribution in [0.15, 0.2) is 85.2 Å². The third kappa shape index (κ3) is 5.45. The number of tetrazole rings is 1. The van der Waals surface area contributed by atoms with Crippen LogP contribution in [-0.4, -0.2) is 32.2 Å². The van der Waals surface area contributed by atoms with Crippen LogP contribution in [0.1, 0.15) is 12.5 Å². The van der Waals surface area contributed by atoms with Gasteiger partial charge in [0.1, 0.15) is 24.4 Å². The van der Waals surface area contributed by atoms with E-state index in [-0.39, 0.29) is 5.91 Å². The van der Waals surface area contributed by atoms with E-state index in [1.165, 1.54) is 11.0 Å². The quantitative estimate of drug-likeness (QED) is 0.472. The smallest absolute Gasteiger partial charge is 0.265 e. The summed E-state index contributed by atoms with van der Waals surface area (Å²) in [7, 11) is 0. The molecule has 0 spiro atoms. The van der Waals surface area contributed by atoms with E-state index in [2.05, 4.69) is 20.8 Å². The van der Waals surface area contributed by atoms with Gasteiger partial charge in [-0.2, -0.15) is 0 Å². The molecule has 0 fully saturated rings. The number of amides is 1. The van der Waals surface area contributed by atoms with Crippen molar-refractivity contribution in [1.29, 1.82) is 0 Å². The molecule has 31 heavy (non-hydrogen) atoms. The third-order valence-electron chi connectivity index (χ3n) is 4.50. The van der Waals surface area contributed by atoms with Crippen LogP contribution in [0.2, 0.25) is 0 Å². The molecule has 0 aliphatic rings. The van der Waals surface area contributed by atoms with Crippen molar-refractivity contribution in [3.63, 3.8) is 0 Å². The zero-order valence-corrected chi connectivity index (χ0v) is 16.9. The van der Waals surface area contributed by atoms with Gasteiger partial charge < -0.3 is 14.8 Å². The van der Waals surface area contributed by atoms with Crippen molar-refractivity contribution in [2.75, 3.05) is 5.32 Å². The van der Waals surface area contributed by atoms with E-state index in [0.29, 0.717) is 18.0 Å². The molecule has 0 unspecified atom stereocenters. The van der Waals surface area contributed by atoms with Gasteiger partial charge in [-0.15, -0.1) is 5.10 Å². The van der Waals surface area contributed by atoms with E-state index in [0.717, 1.165) is 17.0 Å². The van der Waals surface area contributed by atoms with Crippen LogP contribution in [0, 0.1) is 0 Å². The Bertz CT molecular complexity index is 1100. The molecular formula is C23H21N5O3. The fourth-order valence-electron chi connectivity index (χ4n) is 2.83. The molecular weight excluding hydrogens is 394 g/mol. The molecule has 3 aromatic carbocycles. The van der Waals surface area contributed by atoms with Crippen molar-refractivity contribution in [2.24, 2.45) is 0 Å². The van der Waals surface area contributed by atoms with Crippen molar-refractivity contribution < 1.29 is 14.3 Å². The van der Waals surface area contributed by atoms with Crippen LogP contribution < -0.4 is 14.8 Å². The first-order valence-electron chi connectivity index (χ1n) is 9.75. The fraction of sp³-hybridized carbons (Fsp3) is 0.130. The molecule has 0 aliphatic heterocycles. The molecule has 4 rings (SSSR count). The summed E-state index contributed by atoms with van der Waals surface area (Å²) in [6, 6.07) is 24.3. The molecule has 1 atom stereocenters. The second kappa shape index (κ2) is 9.53. The van der Waals surface area contributed by atoms with Crippen LogP contribution in [0.4, 0.5) is 5.69 Å². The Morgan fingerprint density at radius 3 is 2.35 bits per heavy atom. The largest absolute Gasteiger partial charge is 0.489 e. The number of nitrogens with one attached hydrogen (secondary N) is 1. The Hall–Kier alpha value is -4.20. The van der Waals surface area contributed by atoms with Crippen LogP contribution in [-0.2, 0) is 11.4 Å². The lowest BCUT2D eigenvalue weighted by atomic mass is 10.2. The van der Waals surface area contributed by atoms with E-state index < -0.39 is 6.10 Å². The van der Waals surface area contributed by atoms with Crippen LogP contribution in [0.3, 0.4) is 0 Å². The predicted octanol–water partition coefficient (Wildman–Crippen LogP) is 3.65. The molecule has 8 heteroatoms. The average molecular weight is 415 g/mol. The SMILES string of the molecule is C[C@H](Oc1ccc(-n2cnnn2)cc1)C(=O)Nc1ccc(OCc2ccccc2)cc1. The number of carbonyl (C=O) groups excluding carboxylic acids is 1. The van der Waals surface area contributed by atoms with E-state index >= 15 is 0 Å². The molecule has 1 aromatic heterocycles. The van der Waals surface area contributed by atoms with Crippen molar-refractivity contribution in [3.05, 3.63) is 90.8 Å². The summed E-state index contributed by atoms with van der Waals surface area (Å²) in [5.74, 6) is 1.06. The van der Waals surface area contributed by atoms with Gasteiger partial charge >= 0.3 is 0 Å². The summed E-state index contributed by atoms with van der Waals surface area (Å²) in [6.45, 7) is 2.19. The highest BCUT2D eigenvalue weighted by molar-refractivity contribution is 5.94. The highest BCUT2D eigenvalue weighted by Crippen LogP contribution is 2.19. The average Bonchev–Trinajstić information content (AvgIpc) is 3.35. The lowest BCUT2D eigenvalue weighted by Crippen LogP contribution is -2.30. The minimum atomic E-state index is -0.673. The molecule has 8 nitrogen and oxygen atoms in total. The van der Waals surface area contributed by atoms with E-state index in [9.17, 15) is 4.79 Å². The lowest BCUT2D eigenvalue weighted by Gasteiger charge is -2.15. The standard InChI is InChI=1S/C23H21N5O3/c1-17(31-22-13-9-20(10-14-22)28-16-24-26-27-28)23(29)25-19-7-11-21(12-8-19)30-15-18-5-3-2-4-6-18/h2-14,16-17H,15H2,1H3,(H,25,29)/t17-/m0/s1. The van der Waals surface area contributed by atoms with E-state index in [1.54, 1.807) is 31.2 Å². The first-order chi connectivity index (χ1) is 15.2. The summed E-state index contributed by atoms with van der Waals surface area (Å²) < 4.78 is 13.0. The topological polar surface area (TPSA) is 91.2 Å². The van der Waals surface area contributed by atoms with Crippen LogP contribution in [0.5, 0.6) is 11.5 Å². The molecule has 0 radical (unpaired) electrons. The van der Waals surface area contributed by atoms with Gasteiger partial charge in [-0.05, 0) is 71.4 Å². The van der Waals surface area contributed by atoms with Crippen molar-refractivity contribution in [2.45, 2.75) is 19.6 Å². The van der Waals surface area contributed by atoms with Gasteiger partial charge in [-0.1, -0.05) is 30.3 Å². The molecule has 4 aromatic rings. The van der Waals surface area contributed by atoms with Crippen LogP contribution in [0.25, 0.3) is 5.69 Å². The first kappa shape index (κ1) is 20.1. The number of nitrogens with zero attached hydrogens (tertiary/aromatic N) is 4. The van der Waals surface area contributed by atoms with Gasteiger partial charge in [0, 0.05) is 5.69 Å². The maximum absolute atomic E-state index is 12.5. The number of ether oxygens (including phenoxy) is 2. The number of rotatable bonds is 8. The molecule has 1 heterocycles. The van der Waals surface area contributed by atoms with Gasteiger partial charge in [-0.25, -0.2) is 4.68 Å². The predicted molar refractivity (Wildman–Crippen MR) is 115 cm³/mol. The lowest BCUT2D eigenvalue weighted by molar-refractivity contribution is -0.122. The zero-order valence-electron chi connectivity index (χ0n) is 16.9. The monoisotopic (exact) mass is 415 g/mol. The Kier molecular flexibility index (Phi) is 6.18. The van der Waals surface area contributed by atoms with Gasteiger partial charge in [0.2, 0.25) is 0 Å². The number of carbonyl (C=O) groups is 1. The van der Waals surface area contributed by atoms with Crippen LogP contribution >= 0.6 is 0 Å². The summed E-state index contributed by atoms with van der Waals surface area (Å²) in [5.41, 5.74) is 2.56. The summed E-state index contributed by atoms with van der Waals surface area (Å²) in [5, 5.41) is 13.9. The maximum Gasteiger partial charge on any atom is 0.265 e. The number of anilines is 1. The Balaban J connectivity index is 1.28. The van der Waals surface area contributed by atoms with Gasteiger partial charge in [0.15, 0.2) is 6.10 Å². The van der Waals surface area contributed by atoms with E-state index in [4.69, 9.17) is 9.47 Å². The molecule has 0 saturated heterocycles. The molecule has 1 amide bonds. The third-order valence-corrected chi connectivity index (χ3v) is 4.50. The minimum absolute atomic E-state index is 0.248. The highest BCUT2D eigenvalue weighted by atomic mass is 16.5. The number of hydrogen-bond donors (Lipinski definition) is 1. The zero-order chi connectivity index (χ0) is 21.5. The van der Waals surface area contributed by atoms with Gasteiger partial charge in [0.05, 0.1) is 5.69 Å². The van der Waals surface area contributed by atoms with Crippen molar-refractivity contribution >= 4 is 11.6 Å². The second-order valence-corrected chi connectivity index (χ2v) is 6.80. The summed E-state index contributed by atoms with van der Waals surface area (Å²) in [6.07, 6.45) is 0.831. The second-order valence-electron chi connectivity index (χ2n) is 6.80. The van der Waals surface area contributed by atoms with Crippen molar-refractivity contribution in [3.8, 4) is 17.2 Å². The van der Waals surface area contributed by atoms with Gasteiger partial charge in [-0.3, -0.25) is 4.79 Å². The molecule has 0 bridgehead atoms. The highest BCUT2D eigenvalue weighted by Gasteiger charge is 2.15. The minimum Gasteiger partial charge on any atom is -0.489 e. The Morgan fingerprint density at radius 2 is 1.68 bits per heavy atom. The Morgan fingerprint density at radius 1 is 0.968 bits per heavy atom.